The molecule has 9 heteroatoms. The molecule has 1 saturated heterocycles. The molecule has 0 radical (unpaired) electrons. The number of ether oxygens (including phenoxy) is 1. The van der Waals surface area contributed by atoms with Crippen LogP contribution in [0.5, 0.6) is 5.75 Å². The highest BCUT2D eigenvalue weighted by atomic mass is 19.1. The number of piperidine rings is 1. The molecule has 0 bridgehead atoms. The second-order valence-corrected chi connectivity index (χ2v) is 8.77. The predicted octanol–water partition coefficient (Wildman–Crippen LogP) is 3.34. The molecule has 0 atom stereocenters. The number of aliphatic carboxylic acids is 2. The summed E-state index contributed by atoms with van der Waals surface area (Å²) in [4.78, 5) is 33.4. The van der Waals surface area contributed by atoms with Gasteiger partial charge in [-0.05, 0) is 67.2 Å². The Bertz CT molecular complexity index is 945. The molecule has 0 spiro atoms. The largest absolute Gasteiger partial charge is 0.493 e. The first-order valence-corrected chi connectivity index (χ1v) is 11.6. The Balaban J connectivity index is 0.000000641. The number of nitrogens with zero attached hydrogens (tertiary/aromatic N) is 1. The highest BCUT2D eigenvalue weighted by Gasteiger charge is 2.25. The van der Waals surface area contributed by atoms with E-state index in [1.807, 2.05) is 29.2 Å². The van der Waals surface area contributed by atoms with Crippen LogP contribution in [-0.4, -0.2) is 58.7 Å². The van der Waals surface area contributed by atoms with Crippen molar-refractivity contribution in [2.24, 2.45) is 5.92 Å². The molecule has 2 aromatic carbocycles. The average molecular weight is 489 g/mol. The minimum Gasteiger partial charge on any atom is -0.493 e. The zero-order valence-corrected chi connectivity index (χ0v) is 20.1. The molecule has 3 N–H and O–H groups in total. The van der Waals surface area contributed by atoms with E-state index in [2.05, 4.69) is 19.2 Å². The molecule has 1 aliphatic rings. The molecule has 8 nitrogen and oxygen atoms in total. The molecular weight excluding hydrogens is 455 g/mol. The number of benzene rings is 2. The van der Waals surface area contributed by atoms with Gasteiger partial charge in [-0.25, -0.2) is 14.0 Å². The normalized spacial score (nSPS) is 13.5. The Labute approximate surface area is 204 Å². The molecule has 190 valence electrons. The van der Waals surface area contributed by atoms with E-state index in [0.717, 1.165) is 42.8 Å². The van der Waals surface area contributed by atoms with Gasteiger partial charge in [-0.15, -0.1) is 0 Å². The minimum atomic E-state index is -1.82. The number of carboxylic acids is 2. The lowest BCUT2D eigenvalue weighted by Crippen LogP contribution is -2.46. The van der Waals surface area contributed by atoms with Crippen LogP contribution in [0.15, 0.2) is 48.5 Å². The summed E-state index contributed by atoms with van der Waals surface area (Å²) in [6, 6.07) is 14.4. The smallest absolute Gasteiger partial charge is 0.414 e. The van der Waals surface area contributed by atoms with Crippen molar-refractivity contribution in [1.82, 2.24) is 10.2 Å². The standard InChI is InChI=1S/C24H31FN2O2.C2H2O4/c1-18(2)17-29-23-9-5-19(6-10-23)15-24(28)27(22-11-13-26-14-12-22)16-20-3-7-21(25)8-4-20;3-1(4)2(5)6/h3-10,18,22,26H,11-17H2,1-2H3;(H,3,4)(H,5,6). The maximum Gasteiger partial charge on any atom is 0.414 e. The number of carbonyl (C=O) groups is 3. The van der Waals surface area contributed by atoms with Crippen molar-refractivity contribution in [2.45, 2.75) is 45.7 Å². The Hall–Kier alpha value is -3.46. The van der Waals surface area contributed by atoms with Crippen LogP contribution in [-0.2, 0) is 27.3 Å². The van der Waals surface area contributed by atoms with E-state index in [0.29, 0.717) is 25.5 Å². The molecule has 1 aliphatic heterocycles. The third kappa shape index (κ3) is 10.1. The molecule has 0 aliphatic carbocycles. The van der Waals surface area contributed by atoms with Gasteiger partial charge in [-0.2, -0.15) is 0 Å². The van der Waals surface area contributed by atoms with Crippen molar-refractivity contribution in [3.05, 3.63) is 65.5 Å². The molecule has 3 rings (SSSR count). The van der Waals surface area contributed by atoms with Crippen molar-refractivity contribution >= 4 is 17.8 Å². The van der Waals surface area contributed by atoms with Crippen LogP contribution >= 0.6 is 0 Å². The molecule has 35 heavy (non-hydrogen) atoms. The molecule has 0 aromatic heterocycles. The van der Waals surface area contributed by atoms with Gasteiger partial charge in [0.2, 0.25) is 5.91 Å². The van der Waals surface area contributed by atoms with E-state index in [-0.39, 0.29) is 17.8 Å². The highest BCUT2D eigenvalue weighted by molar-refractivity contribution is 6.27. The van der Waals surface area contributed by atoms with Crippen LogP contribution in [0.3, 0.4) is 0 Å². The van der Waals surface area contributed by atoms with Crippen LogP contribution in [0.1, 0.15) is 37.8 Å². The molecule has 2 aromatic rings. The first kappa shape index (κ1) is 27.8. The van der Waals surface area contributed by atoms with E-state index in [1.165, 1.54) is 12.1 Å². The number of carboxylic acid groups (broad SMARTS) is 2. The zero-order chi connectivity index (χ0) is 25.8. The number of hydrogen-bond acceptors (Lipinski definition) is 5. The molecule has 1 fully saturated rings. The first-order chi connectivity index (χ1) is 16.7. The Morgan fingerprint density at radius 1 is 0.971 bits per heavy atom. The lowest BCUT2D eigenvalue weighted by Gasteiger charge is -2.35. The fourth-order valence-electron chi connectivity index (χ4n) is 3.57. The maximum absolute atomic E-state index is 13.3. The Morgan fingerprint density at radius 3 is 2.03 bits per heavy atom. The SMILES string of the molecule is CC(C)COc1ccc(CC(=O)N(Cc2ccc(F)cc2)C2CCNCC2)cc1.O=C(O)C(=O)O. The second kappa shape index (κ2) is 14.1. The molecule has 1 heterocycles. The summed E-state index contributed by atoms with van der Waals surface area (Å²) in [6.07, 6.45) is 2.24. The summed E-state index contributed by atoms with van der Waals surface area (Å²) < 4.78 is 19.0. The molecule has 1 amide bonds. The maximum atomic E-state index is 13.3. The average Bonchev–Trinajstić information content (AvgIpc) is 2.84. The zero-order valence-electron chi connectivity index (χ0n) is 20.1. The summed E-state index contributed by atoms with van der Waals surface area (Å²) in [6.45, 7) is 7.26. The fourth-order valence-corrected chi connectivity index (χ4v) is 3.57. The summed E-state index contributed by atoms with van der Waals surface area (Å²) in [5.41, 5.74) is 1.93. The topological polar surface area (TPSA) is 116 Å². The van der Waals surface area contributed by atoms with Gasteiger partial charge in [-0.3, -0.25) is 4.79 Å². The second-order valence-electron chi connectivity index (χ2n) is 8.77. The summed E-state index contributed by atoms with van der Waals surface area (Å²) in [5, 5.41) is 18.1. The van der Waals surface area contributed by atoms with Gasteiger partial charge in [0.25, 0.3) is 0 Å². The van der Waals surface area contributed by atoms with E-state index in [9.17, 15) is 9.18 Å². The van der Waals surface area contributed by atoms with Crippen molar-refractivity contribution in [3.63, 3.8) is 0 Å². The van der Waals surface area contributed by atoms with Gasteiger partial charge in [-0.1, -0.05) is 38.1 Å². The van der Waals surface area contributed by atoms with Crippen molar-refractivity contribution in [3.8, 4) is 5.75 Å². The van der Waals surface area contributed by atoms with E-state index >= 15 is 0 Å². The summed E-state index contributed by atoms with van der Waals surface area (Å²) in [5.74, 6) is -2.49. The summed E-state index contributed by atoms with van der Waals surface area (Å²) in [7, 11) is 0. The van der Waals surface area contributed by atoms with Crippen LogP contribution in [0, 0.1) is 11.7 Å². The van der Waals surface area contributed by atoms with Gasteiger partial charge in [0.1, 0.15) is 11.6 Å². The van der Waals surface area contributed by atoms with Gasteiger partial charge in [0.05, 0.1) is 13.0 Å². The van der Waals surface area contributed by atoms with Crippen LogP contribution in [0.4, 0.5) is 4.39 Å². The van der Waals surface area contributed by atoms with Crippen molar-refractivity contribution in [2.75, 3.05) is 19.7 Å². The van der Waals surface area contributed by atoms with Gasteiger partial charge in [0, 0.05) is 12.6 Å². The third-order valence-corrected chi connectivity index (χ3v) is 5.38. The number of nitrogens with one attached hydrogen (secondary N) is 1. The van der Waals surface area contributed by atoms with Gasteiger partial charge in [0.15, 0.2) is 0 Å². The predicted molar refractivity (Wildman–Crippen MR) is 129 cm³/mol. The lowest BCUT2D eigenvalue weighted by molar-refractivity contribution is -0.159. The van der Waals surface area contributed by atoms with Crippen molar-refractivity contribution < 1.29 is 33.7 Å². The van der Waals surface area contributed by atoms with Crippen molar-refractivity contribution in [1.29, 1.82) is 0 Å². The van der Waals surface area contributed by atoms with Crippen LogP contribution in [0.25, 0.3) is 0 Å². The van der Waals surface area contributed by atoms with E-state index < -0.39 is 11.9 Å². The number of carbonyl (C=O) groups excluding carboxylic acids is 1. The van der Waals surface area contributed by atoms with E-state index in [4.69, 9.17) is 24.5 Å². The molecule has 0 saturated carbocycles. The number of rotatable bonds is 8. The fraction of sp³-hybridized carbons (Fsp3) is 0.423. The van der Waals surface area contributed by atoms with Gasteiger partial charge < -0.3 is 25.2 Å². The monoisotopic (exact) mass is 488 g/mol. The summed E-state index contributed by atoms with van der Waals surface area (Å²) >= 11 is 0. The van der Waals surface area contributed by atoms with Gasteiger partial charge >= 0.3 is 11.9 Å². The quantitative estimate of drug-likeness (QED) is 0.488. The first-order valence-electron chi connectivity index (χ1n) is 11.6. The van der Waals surface area contributed by atoms with Crippen LogP contribution < -0.4 is 10.1 Å². The Morgan fingerprint density at radius 2 is 1.51 bits per heavy atom. The Kier molecular flexibility index (Phi) is 11.2. The van der Waals surface area contributed by atoms with Crippen LogP contribution in [0.2, 0.25) is 0 Å². The van der Waals surface area contributed by atoms with E-state index in [1.54, 1.807) is 12.1 Å². The number of halogens is 1. The minimum absolute atomic E-state index is 0.108. The number of hydrogen-bond donors (Lipinski definition) is 3. The molecule has 0 unspecified atom stereocenters. The highest BCUT2D eigenvalue weighted by Crippen LogP contribution is 2.19. The number of amides is 1. The molecular formula is C26H33FN2O6. The lowest BCUT2D eigenvalue weighted by atomic mass is 10.0. The third-order valence-electron chi connectivity index (χ3n) is 5.38.